The van der Waals surface area contributed by atoms with E-state index in [9.17, 15) is 0 Å². The van der Waals surface area contributed by atoms with Gasteiger partial charge in [0.05, 0.1) is 14.2 Å². The summed E-state index contributed by atoms with van der Waals surface area (Å²) >= 11 is 25.0. The van der Waals surface area contributed by atoms with Crippen molar-refractivity contribution in [2.24, 2.45) is 9.98 Å². The van der Waals surface area contributed by atoms with Gasteiger partial charge in [0, 0.05) is 0 Å². The van der Waals surface area contributed by atoms with Gasteiger partial charge in [-0.25, -0.2) is 9.98 Å². The molecular formula is C17H14Cl4N2O2. The zero-order valence-corrected chi connectivity index (χ0v) is 16.4. The number of halogens is 4. The van der Waals surface area contributed by atoms with Crippen molar-refractivity contribution in [2.75, 3.05) is 14.2 Å². The van der Waals surface area contributed by atoms with Gasteiger partial charge in [-0.05, 0) is 24.3 Å². The largest absolute Gasteiger partial charge is 0.494 e. The molecule has 132 valence electrons. The van der Waals surface area contributed by atoms with Gasteiger partial charge in [0.2, 0.25) is 4.33 Å². The molecule has 2 rings (SSSR count). The summed E-state index contributed by atoms with van der Waals surface area (Å²) in [7, 11) is 3.04. The van der Waals surface area contributed by atoms with Crippen LogP contribution in [0.4, 0.5) is 11.4 Å². The topological polar surface area (TPSA) is 43.2 Å². The highest BCUT2D eigenvalue weighted by Gasteiger charge is 2.36. The van der Waals surface area contributed by atoms with Crippen LogP contribution in [0.5, 0.6) is 11.5 Å². The molecule has 0 fully saturated rings. The molecule has 0 heterocycles. The number of alkyl halides is 2. The number of hydrogen-bond acceptors (Lipinski definition) is 4. The van der Waals surface area contributed by atoms with E-state index in [1.165, 1.54) is 14.2 Å². The molecule has 0 spiro atoms. The maximum atomic E-state index is 6.29. The number of nitrogens with zero attached hydrogens (tertiary/aromatic N) is 2. The lowest BCUT2D eigenvalue weighted by molar-refractivity contribution is 0.416. The second-order valence-electron chi connectivity index (χ2n) is 4.72. The van der Waals surface area contributed by atoms with Crippen molar-refractivity contribution in [3.8, 4) is 11.5 Å². The standard InChI is InChI=1S/C17H14Cl4N2O2/c1-24-13-9-5-3-7-11(13)22-15(18)17(20,21)16(19)23-12-8-4-6-10-14(12)25-2/h3-10H,1-2H3. The molecule has 2 aromatic carbocycles. The van der Waals surface area contributed by atoms with Crippen LogP contribution in [-0.4, -0.2) is 28.9 Å². The molecule has 0 aliphatic rings. The first-order chi connectivity index (χ1) is 11.9. The molecule has 0 amide bonds. The van der Waals surface area contributed by atoms with E-state index < -0.39 is 4.33 Å². The average molecular weight is 420 g/mol. The van der Waals surface area contributed by atoms with E-state index in [1.54, 1.807) is 48.5 Å². The van der Waals surface area contributed by atoms with Gasteiger partial charge in [0.15, 0.2) is 0 Å². The van der Waals surface area contributed by atoms with Gasteiger partial charge in [-0.1, -0.05) is 70.7 Å². The third-order valence-electron chi connectivity index (χ3n) is 3.13. The molecule has 2 aromatic rings. The van der Waals surface area contributed by atoms with E-state index in [0.29, 0.717) is 22.9 Å². The quantitative estimate of drug-likeness (QED) is 0.418. The van der Waals surface area contributed by atoms with Gasteiger partial charge >= 0.3 is 0 Å². The van der Waals surface area contributed by atoms with Crippen molar-refractivity contribution in [3.05, 3.63) is 48.5 Å². The second-order valence-corrected chi connectivity index (χ2v) is 6.77. The van der Waals surface area contributed by atoms with E-state index in [4.69, 9.17) is 55.9 Å². The van der Waals surface area contributed by atoms with E-state index in [1.807, 2.05) is 0 Å². The van der Waals surface area contributed by atoms with Crippen molar-refractivity contribution in [1.29, 1.82) is 0 Å². The highest BCUT2D eigenvalue weighted by molar-refractivity contribution is 6.93. The fourth-order valence-electron chi connectivity index (χ4n) is 1.88. The van der Waals surface area contributed by atoms with Crippen LogP contribution in [0.1, 0.15) is 0 Å². The van der Waals surface area contributed by atoms with E-state index in [-0.39, 0.29) is 10.3 Å². The molecule has 4 nitrogen and oxygen atoms in total. The first-order valence-corrected chi connectivity index (χ1v) is 8.54. The Morgan fingerprint density at radius 3 is 1.48 bits per heavy atom. The third-order valence-corrected chi connectivity index (χ3v) is 4.96. The van der Waals surface area contributed by atoms with Crippen LogP contribution in [0.15, 0.2) is 58.5 Å². The first kappa shape index (κ1) is 19.9. The number of rotatable bonds is 6. The molecule has 0 aromatic heterocycles. The summed E-state index contributed by atoms with van der Waals surface area (Å²) < 4.78 is 8.60. The van der Waals surface area contributed by atoms with Gasteiger partial charge in [-0.15, -0.1) is 0 Å². The van der Waals surface area contributed by atoms with Gasteiger partial charge in [-0.2, -0.15) is 0 Å². The van der Waals surface area contributed by atoms with Crippen LogP contribution >= 0.6 is 46.4 Å². The van der Waals surface area contributed by atoms with Crippen LogP contribution in [0, 0.1) is 0 Å². The maximum absolute atomic E-state index is 6.29. The van der Waals surface area contributed by atoms with Crippen LogP contribution in [0.3, 0.4) is 0 Å². The zero-order valence-electron chi connectivity index (χ0n) is 13.3. The number of methoxy groups -OCH3 is 2. The van der Waals surface area contributed by atoms with Crippen molar-refractivity contribution in [3.63, 3.8) is 0 Å². The zero-order chi connectivity index (χ0) is 18.4. The number of ether oxygens (including phenoxy) is 2. The predicted molar refractivity (Wildman–Crippen MR) is 106 cm³/mol. The summed E-state index contributed by atoms with van der Waals surface area (Å²) in [5, 5.41) is -0.326. The van der Waals surface area contributed by atoms with E-state index in [2.05, 4.69) is 9.98 Å². The van der Waals surface area contributed by atoms with Gasteiger partial charge in [0.1, 0.15) is 33.2 Å². The van der Waals surface area contributed by atoms with Crippen molar-refractivity contribution in [2.45, 2.75) is 4.33 Å². The van der Waals surface area contributed by atoms with Crippen LogP contribution in [-0.2, 0) is 0 Å². The number of benzene rings is 2. The van der Waals surface area contributed by atoms with Crippen molar-refractivity contribution in [1.82, 2.24) is 0 Å². The highest BCUT2D eigenvalue weighted by atomic mass is 35.5. The van der Waals surface area contributed by atoms with Crippen LogP contribution in [0.25, 0.3) is 0 Å². The summed E-state index contributed by atoms with van der Waals surface area (Å²) in [4.78, 5) is 8.41. The molecule has 0 atom stereocenters. The lowest BCUT2D eigenvalue weighted by Gasteiger charge is -2.17. The lowest BCUT2D eigenvalue weighted by Crippen LogP contribution is -2.28. The fourth-order valence-corrected chi connectivity index (χ4v) is 2.46. The smallest absolute Gasteiger partial charge is 0.222 e. The minimum atomic E-state index is -1.83. The number of hydrogen-bond donors (Lipinski definition) is 0. The Morgan fingerprint density at radius 2 is 1.12 bits per heavy atom. The van der Waals surface area contributed by atoms with E-state index >= 15 is 0 Å². The molecule has 0 N–H and O–H groups in total. The van der Waals surface area contributed by atoms with Gasteiger partial charge in [0.25, 0.3) is 0 Å². The molecule has 0 saturated heterocycles. The summed E-state index contributed by atoms with van der Waals surface area (Å²) in [6.45, 7) is 0. The van der Waals surface area contributed by atoms with Gasteiger partial charge in [-0.3, -0.25) is 0 Å². The molecule has 8 heteroatoms. The Balaban J connectivity index is 2.39. The summed E-state index contributed by atoms with van der Waals surface area (Å²) in [6, 6.07) is 14.0. The molecule has 0 bridgehead atoms. The van der Waals surface area contributed by atoms with Crippen molar-refractivity contribution >= 4 is 68.1 Å². The Bertz CT molecular complexity index is 741. The number of para-hydroxylation sites is 4. The van der Waals surface area contributed by atoms with Crippen LogP contribution in [0.2, 0.25) is 0 Å². The minimum absolute atomic E-state index is 0.163. The molecule has 0 unspecified atom stereocenters. The van der Waals surface area contributed by atoms with Gasteiger partial charge < -0.3 is 9.47 Å². The summed E-state index contributed by atoms with van der Waals surface area (Å²) in [6.07, 6.45) is 0. The molecule has 0 radical (unpaired) electrons. The third kappa shape index (κ3) is 4.79. The summed E-state index contributed by atoms with van der Waals surface area (Å²) in [5.41, 5.74) is 0.921. The average Bonchev–Trinajstić information content (AvgIpc) is 2.62. The second kappa shape index (κ2) is 8.77. The number of aliphatic imine (C=N–C) groups is 2. The molecule has 0 aliphatic carbocycles. The maximum Gasteiger partial charge on any atom is 0.222 e. The molecule has 25 heavy (non-hydrogen) atoms. The SMILES string of the molecule is COc1ccccc1N=C(Cl)C(Cl)(Cl)C(Cl)=Nc1ccccc1OC. The predicted octanol–water partition coefficient (Wildman–Crippen LogP) is 6.12. The Morgan fingerprint density at radius 1 is 0.760 bits per heavy atom. The van der Waals surface area contributed by atoms with Crippen LogP contribution < -0.4 is 9.47 Å². The Kier molecular flexibility index (Phi) is 6.96. The van der Waals surface area contributed by atoms with Crippen molar-refractivity contribution < 1.29 is 9.47 Å². The Hall–Kier alpha value is -1.46. The Labute approximate surface area is 166 Å². The fraction of sp³-hybridized carbons (Fsp3) is 0.176. The minimum Gasteiger partial charge on any atom is -0.494 e. The lowest BCUT2D eigenvalue weighted by atomic mass is 10.3. The molecule has 0 saturated carbocycles. The highest BCUT2D eigenvalue weighted by Crippen LogP contribution is 2.36. The molecule has 0 aliphatic heterocycles. The first-order valence-electron chi connectivity index (χ1n) is 7.03. The van der Waals surface area contributed by atoms with E-state index in [0.717, 1.165) is 0 Å². The molecular weight excluding hydrogens is 406 g/mol. The summed E-state index contributed by atoms with van der Waals surface area (Å²) in [5.74, 6) is 1.03. The monoisotopic (exact) mass is 418 g/mol. The normalized spacial score (nSPS) is 12.9.